The number of anilines is 1. The van der Waals surface area contributed by atoms with Crippen molar-refractivity contribution in [2.24, 2.45) is 0 Å². The van der Waals surface area contributed by atoms with Crippen molar-refractivity contribution in [2.75, 3.05) is 31.5 Å². The lowest BCUT2D eigenvalue weighted by Crippen LogP contribution is -2.38. The molecule has 0 bridgehead atoms. The van der Waals surface area contributed by atoms with Gasteiger partial charge in [0, 0.05) is 23.3 Å². The molecule has 38 heavy (non-hydrogen) atoms. The molecule has 0 unspecified atom stereocenters. The smallest absolute Gasteiger partial charge is 0.285 e. The Labute approximate surface area is 224 Å². The number of fused-ring (bicyclic) bond motifs is 1. The van der Waals surface area contributed by atoms with E-state index in [-0.39, 0.29) is 35.9 Å². The van der Waals surface area contributed by atoms with E-state index >= 15 is 8.78 Å². The maximum absolute atomic E-state index is 15.3. The van der Waals surface area contributed by atoms with Crippen molar-refractivity contribution in [1.29, 1.82) is 0 Å². The predicted octanol–water partition coefficient (Wildman–Crippen LogP) is 6.02. The molecule has 0 aliphatic carbocycles. The molecule has 0 saturated carbocycles. The molecular formula is C28H30ClF2N5O2. The van der Waals surface area contributed by atoms with Crippen molar-refractivity contribution >= 4 is 28.3 Å². The molecule has 1 aliphatic rings. The van der Waals surface area contributed by atoms with Gasteiger partial charge in [0.1, 0.15) is 11.4 Å². The lowest BCUT2D eigenvalue weighted by atomic mass is 10.0. The quantitative estimate of drug-likeness (QED) is 0.218. The molecule has 200 valence electrons. The summed E-state index contributed by atoms with van der Waals surface area (Å²) in [6.45, 7) is 2.94. The number of pyridine rings is 1. The Hall–Kier alpha value is -3.27. The highest BCUT2D eigenvalue weighted by molar-refractivity contribution is 6.30. The number of aryl methyl sites for hydroxylation is 1. The summed E-state index contributed by atoms with van der Waals surface area (Å²) in [5, 5.41) is 24.9. The molecule has 1 fully saturated rings. The molecule has 1 atom stereocenters. The Kier molecular flexibility index (Phi) is 7.52. The highest BCUT2D eigenvalue weighted by atomic mass is 35.5. The molecule has 1 aliphatic heterocycles. The number of nitrogens with one attached hydrogen (secondary N) is 2. The van der Waals surface area contributed by atoms with Crippen LogP contribution in [0.25, 0.3) is 22.4 Å². The fourth-order valence-corrected chi connectivity index (χ4v) is 5.17. The van der Waals surface area contributed by atoms with Gasteiger partial charge in [-0.3, -0.25) is 4.90 Å². The standard InChI is InChI=1S/C28H30ClF2N5O2/c1-17-12-19(28(30,31)16-36-10-3-2-4-11-36)14-22-25(17)35-26(34-22)24-21(8-9-32-27(24)38)33-15-23(37)18-6-5-7-20(29)13-18/h5-9,12-14,23,37H,2-4,10-11,15-16H2,1H3,(H,34,35)(H2,32,33,38)/t23-/m0/s1. The fraction of sp³-hybridized carbons (Fsp3) is 0.357. The summed E-state index contributed by atoms with van der Waals surface area (Å²) >= 11 is 6.04. The van der Waals surface area contributed by atoms with Crippen LogP contribution in [0.3, 0.4) is 0 Å². The summed E-state index contributed by atoms with van der Waals surface area (Å²) in [5.41, 5.74) is 2.93. The molecule has 0 radical (unpaired) electrons. The normalized spacial score (nSPS) is 15.6. The van der Waals surface area contributed by atoms with Gasteiger partial charge < -0.3 is 20.5 Å². The number of nitrogens with zero attached hydrogens (tertiary/aromatic N) is 3. The van der Waals surface area contributed by atoms with E-state index < -0.39 is 12.0 Å². The lowest BCUT2D eigenvalue weighted by Gasteiger charge is -2.30. The van der Waals surface area contributed by atoms with Gasteiger partial charge >= 0.3 is 0 Å². The first kappa shape index (κ1) is 26.3. The molecule has 4 N–H and O–H groups in total. The first-order valence-electron chi connectivity index (χ1n) is 12.7. The van der Waals surface area contributed by atoms with Gasteiger partial charge in [0.25, 0.3) is 5.92 Å². The van der Waals surface area contributed by atoms with Crippen molar-refractivity contribution in [2.45, 2.75) is 38.2 Å². The number of piperidine rings is 1. The highest BCUT2D eigenvalue weighted by Gasteiger charge is 2.35. The minimum atomic E-state index is -3.02. The van der Waals surface area contributed by atoms with Crippen LogP contribution in [0.2, 0.25) is 5.02 Å². The second-order valence-electron chi connectivity index (χ2n) is 9.82. The van der Waals surface area contributed by atoms with E-state index in [4.69, 9.17) is 11.6 Å². The Morgan fingerprint density at radius 2 is 1.95 bits per heavy atom. The van der Waals surface area contributed by atoms with Gasteiger partial charge in [-0.25, -0.2) is 9.97 Å². The third-order valence-corrected chi connectivity index (χ3v) is 7.21. The summed E-state index contributed by atoms with van der Waals surface area (Å²) in [7, 11) is 0. The number of hydrogen-bond acceptors (Lipinski definition) is 6. The number of aliphatic hydroxyl groups is 1. The van der Waals surface area contributed by atoms with E-state index in [2.05, 4.69) is 20.3 Å². The van der Waals surface area contributed by atoms with Crippen LogP contribution in [-0.4, -0.2) is 56.2 Å². The molecule has 2 aromatic carbocycles. The van der Waals surface area contributed by atoms with Crippen molar-refractivity contribution in [3.05, 3.63) is 70.4 Å². The van der Waals surface area contributed by atoms with Crippen LogP contribution in [-0.2, 0) is 5.92 Å². The van der Waals surface area contributed by atoms with Gasteiger partial charge in [-0.2, -0.15) is 8.78 Å². The molecule has 5 rings (SSSR count). The number of imidazole rings is 1. The second-order valence-corrected chi connectivity index (χ2v) is 10.3. The van der Waals surface area contributed by atoms with E-state index in [0.717, 1.165) is 19.3 Å². The number of halogens is 3. The number of H-pyrrole nitrogens is 1. The van der Waals surface area contributed by atoms with E-state index in [1.54, 1.807) is 37.3 Å². The van der Waals surface area contributed by atoms with Crippen LogP contribution in [0.1, 0.15) is 42.1 Å². The molecule has 2 aromatic heterocycles. The second kappa shape index (κ2) is 10.8. The Morgan fingerprint density at radius 1 is 1.16 bits per heavy atom. The topological polar surface area (TPSA) is 97.3 Å². The number of hydrogen-bond donors (Lipinski definition) is 4. The number of benzene rings is 2. The highest BCUT2D eigenvalue weighted by Crippen LogP contribution is 2.37. The molecule has 7 nitrogen and oxygen atoms in total. The van der Waals surface area contributed by atoms with E-state index in [9.17, 15) is 10.2 Å². The van der Waals surface area contributed by atoms with E-state index in [0.29, 0.717) is 46.0 Å². The van der Waals surface area contributed by atoms with Gasteiger partial charge in [-0.15, -0.1) is 0 Å². The van der Waals surface area contributed by atoms with Crippen molar-refractivity contribution < 1.29 is 19.0 Å². The molecule has 0 amide bonds. The van der Waals surface area contributed by atoms with Gasteiger partial charge in [0.2, 0.25) is 5.88 Å². The molecular weight excluding hydrogens is 512 g/mol. The average molecular weight is 542 g/mol. The number of aromatic hydroxyl groups is 1. The maximum atomic E-state index is 15.3. The summed E-state index contributed by atoms with van der Waals surface area (Å²) in [6.07, 6.45) is 3.54. The maximum Gasteiger partial charge on any atom is 0.285 e. The molecule has 4 aromatic rings. The van der Waals surface area contributed by atoms with Crippen molar-refractivity contribution in [1.82, 2.24) is 19.9 Å². The minimum absolute atomic E-state index is 0.0791. The van der Waals surface area contributed by atoms with Crippen LogP contribution in [0.15, 0.2) is 48.7 Å². The first-order chi connectivity index (χ1) is 18.2. The monoisotopic (exact) mass is 541 g/mol. The van der Waals surface area contributed by atoms with Gasteiger partial charge in [0.15, 0.2) is 0 Å². The molecule has 10 heteroatoms. The number of aromatic amines is 1. The first-order valence-corrected chi connectivity index (χ1v) is 13.1. The fourth-order valence-electron chi connectivity index (χ4n) is 4.98. The van der Waals surface area contributed by atoms with Gasteiger partial charge in [-0.1, -0.05) is 30.2 Å². The van der Waals surface area contributed by atoms with Crippen LogP contribution < -0.4 is 5.32 Å². The number of aromatic nitrogens is 3. The van der Waals surface area contributed by atoms with Crippen LogP contribution >= 0.6 is 11.6 Å². The van der Waals surface area contributed by atoms with E-state index in [1.165, 1.54) is 18.3 Å². The third-order valence-electron chi connectivity index (χ3n) is 6.97. The lowest BCUT2D eigenvalue weighted by molar-refractivity contribution is -0.0415. The number of rotatable bonds is 8. The number of likely N-dealkylation sites (tertiary alicyclic amines) is 1. The Balaban J connectivity index is 1.43. The van der Waals surface area contributed by atoms with Crippen LogP contribution in [0, 0.1) is 6.92 Å². The average Bonchev–Trinajstić information content (AvgIpc) is 3.32. The SMILES string of the molecule is Cc1cc(C(F)(F)CN2CCCCC2)cc2nc(-c3c(NC[C@H](O)c4cccc(Cl)c4)ccnc3O)[nH]c12. The summed E-state index contributed by atoms with van der Waals surface area (Å²) in [5.74, 6) is -3.01. The molecule has 1 saturated heterocycles. The largest absolute Gasteiger partial charge is 0.493 e. The van der Waals surface area contributed by atoms with Crippen molar-refractivity contribution in [3.8, 4) is 17.3 Å². The molecule has 0 spiro atoms. The zero-order valence-corrected chi connectivity index (χ0v) is 21.8. The Morgan fingerprint density at radius 3 is 2.71 bits per heavy atom. The zero-order valence-electron chi connectivity index (χ0n) is 21.0. The van der Waals surface area contributed by atoms with Crippen LogP contribution in [0.5, 0.6) is 5.88 Å². The number of alkyl halides is 2. The molecule has 3 heterocycles. The van der Waals surface area contributed by atoms with Gasteiger partial charge in [-0.05, 0) is 74.3 Å². The predicted molar refractivity (Wildman–Crippen MR) is 145 cm³/mol. The van der Waals surface area contributed by atoms with Crippen molar-refractivity contribution in [3.63, 3.8) is 0 Å². The summed E-state index contributed by atoms with van der Waals surface area (Å²) in [4.78, 5) is 13.5. The Bertz CT molecular complexity index is 1440. The van der Waals surface area contributed by atoms with Crippen LogP contribution in [0.4, 0.5) is 14.5 Å². The summed E-state index contributed by atoms with van der Waals surface area (Å²) in [6, 6.07) is 11.5. The number of aliphatic hydroxyl groups excluding tert-OH is 1. The summed E-state index contributed by atoms with van der Waals surface area (Å²) < 4.78 is 30.6. The van der Waals surface area contributed by atoms with E-state index in [1.807, 2.05) is 4.90 Å². The minimum Gasteiger partial charge on any atom is -0.493 e. The zero-order chi connectivity index (χ0) is 26.9. The third kappa shape index (κ3) is 5.60. The van der Waals surface area contributed by atoms with Gasteiger partial charge in [0.05, 0.1) is 29.4 Å².